The summed E-state index contributed by atoms with van der Waals surface area (Å²) in [5.41, 5.74) is 2.96. The van der Waals surface area contributed by atoms with Gasteiger partial charge in [-0.05, 0) is 29.8 Å². The third kappa shape index (κ3) is 3.03. The fraction of sp³-hybridized carbons (Fsp3) is 0.188. The van der Waals surface area contributed by atoms with E-state index in [-0.39, 0.29) is 0 Å². The molecule has 0 unspecified atom stereocenters. The molecule has 0 bridgehead atoms. The van der Waals surface area contributed by atoms with Gasteiger partial charge in [0.25, 0.3) is 0 Å². The SMILES string of the molecule is ClCCc1nc2c(Cl)cccc2n1Cc1cccc(Cl)c1. The van der Waals surface area contributed by atoms with Crippen LogP contribution in [0.4, 0.5) is 0 Å². The van der Waals surface area contributed by atoms with Crippen LogP contribution >= 0.6 is 34.8 Å². The molecule has 0 saturated carbocycles. The molecule has 0 amide bonds. The fourth-order valence-electron chi connectivity index (χ4n) is 2.43. The van der Waals surface area contributed by atoms with E-state index in [1.54, 1.807) is 0 Å². The molecule has 0 aliphatic rings. The van der Waals surface area contributed by atoms with Crippen molar-refractivity contribution in [2.24, 2.45) is 0 Å². The lowest BCUT2D eigenvalue weighted by molar-refractivity contribution is 0.755. The second-order valence-electron chi connectivity index (χ2n) is 4.79. The van der Waals surface area contributed by atoms with E-state index < -0.39 is 0 Å². The average molecular weight is 340 g/mol. The van der Waals surface area contributed by atoms with Crippen LogP contribution in [-0.2, 0) is 13.0 Å². The van der Waals surface area contributed by atoms with Gasteiger partial charge < -0.3 is 4.57 Å². The third-order valence-corrected chi connectivity index (χ3v) is 4.09. The van der Waals surface area contributed by atoms with Gasteiger partial charge in [-0.3, -0.25) is 0 Å². The zero-order chi connectivity index (χ0) is 14.8. The molecule has 0 saturated heterocycles. The molecular weight excluding hydrogens is 327 g/mol. The van der Waals surface area contributed by atoms with Crippen LogP contribution in [0.1, 0.15) is 11.4 Å². The smallest absolute Gasteiger partial charge is 0.111 e. The predicted octanol–water partition coefficient (Wildman–Crippen LogP) is 5.17. The van der Waals surface area contributed by atoms with Crippen LogP contribution in [0, 0.1) is 0 Å². The van der Waals surface area contributed by atoms with Crippen molar-refractivity contribution in [1.82, 2.24) is 9.55 Å². The largest absolute Gasteiger partial charge is 0.323 e. The van der Waals surface area contributed by atoms with Crippen LogP contribution in [0.2, 0.25) is 10.0 Å². The van der Waals surface area contributed by atoms with Crippen molar-refractivity contribution in [2.45, 2.75) is 13.0 Å². The van der Waals surface area contributed by atoms with Crippen LogP contribution in [-0.4, -0.2) is 15.4 Å². The molecule has 3 aromatic rings. The highest BCUT2D eigenvalue weighted by Crippen LogP contribution is 2.25. The molecule has 0 N–H and O–H groups in total. The maximum absolute atomic E-state index is 6.24. The Morgan fingerprint density at radius 1 is 1.05 bits per heavy atom. The van der Waals surface area contributed by atoms with E-state index in [9.17, 15) is 0 Å². The molecule has 0 radical (unpaired) electrons. The monoisotopic (exact) mass is 338 g/mol. The third-order valence-electron chi connectivity index (χ3n) is 3.36. The molecule has 0 atom stereocenters. The van der Waals surface area contributed by atoms with Crippen LogP contribution < -0.4 is 0 Å². The summed E-state index contributed by atoms with van der Waals surface area (Å²) in [5.74, 6) is 1.46. The Morgan fingerprint density at radius 2 is 1.86 bits per heavy atom. The zero-order valence-electron chi connectivity index (χ0n) is 11.2. The maximum Gasteiger partial charge on any atom is 0.111 e. The lowest BCUT2D eigenvalue weighted by Crippen LogP contribution is -2.06. The van der Waals surface area contributed by atoms with E-state index >= 15 is 0 Å². The van der Waals surface area contributed by atoms with Crippen molar-refractivity contribution in [1.29, 1.82) is 0 Å². The minimum absolute atomic E-state index is 0.524. The summed E-state index contributed by atoms with van der Waals surface area (Å²) in [6, 6.07) is 13.6. The number of imidazole rings is 1. The maximum atomic E-state index is 6.24. The molecule has 1 aromatic heterocycles. The molecule has 0 aliphatic carbocycles. The Balaban J connectivity index is 2.11. The van der Waals surface area contributed by atoms with Gasteiger partial charge >= 0.3 is 0 Å². The minimum Gasteiger partial charge on any atom is -0.323 e. The van der Waals surface area contributed by atoms with Gasteiger partial charge in [-0.1, -0.05) is 41.4 Å². The number of para-hydroxylation sites is 1. The highest BCUT2D eigenvalue weighted by Gasteiger charge is 2.13. The summed E-state index contributed by atoms with van der Waals surface area (Å²) in [6.45, 7) is 0.698. The first-order chi connectivity index (χ1) is 10.2. The standard InChI is InChI=1S/C16H13Cl3N2/c17-8-7-15-20-16-13(19)5-2-6-14(16)21(15)10-11-3-1-4-12(18)9-11/h1-6,9H,7-8,10H2. The molecule has 0 fully saturated rings. The van der Waals surface area contributed by atoms with Crippen LogP contribution in [0.5, 0.6) is 0 Å². The second-order valence-corrected chi connectivity index (χ2v) is 6.01. The molecule has 2 nitrogen and oxygen atoms in total. The van der Waals surface area contributed by atoms with Crippen molar-refractivity contribution >= 4 is 45.8 Å². The van der Waals surface area contributed by atoms with Crippen molar-refractivity contribution < 1.29 is 0 Å². The molecule has 0 aliphatic heterocycles. The summed E-state index contributed by atoms with van der Waals surface area (Å²) in [6.07, 6.45) is 0.702. The van der Waals surface area contributed by atoms with Gasteiger partial charge in [-0.2, -0.15) is 0 Å². The topological polar surface area (TPSA) is 17.8 Å². The van der Waals surface area contributed by atoms with Gasteiger partial charge in [-0.25, -0.2) is 4.98 Å². The van der Waals surface area contributed by atoms with Crippen molar-refractivity contribution in [3.63, 3.8) is 0 Å². The highest BCUT2D eigenvalue weighted by molar-refractivity contribution is 6.35. The summed E-state index contributed by atoms with van der Waals surface area (Å²) in [4.78, 5) is 4.63. The number of rotatable bonds is 4. The molecule has 21 heavy (non-hydrogen) atoms. The zero-order valence-corrected chi connectivity index (χ0v) is 13.5. The molecule has 0 spiro atoms. The number of aromatic nitrogens is 2. The van der Waals surface area contributed by atoms with E-state index in [2.05, 4.69) is 9.55 Å². The lowest BCUT2D eigenvalue weighted by Gasteiger charge is -2.09. The molecule has 5 heteroatoms. The van der Waals surface area contributed by atoms with E-state index in [1.165, 1.54) is 0 Å². The Morgan fingerprint density at radius 3 is 2.62 bits per heavy atom. The van der Waals surface area contributed by atoms with Gasteiger partial charge in [0, 0.05) is 23.9 Å². The number of benzene rings is 2. The van der Waals surface area contributed by atoms with Crippen LogP contribution in [0.3, 0.4) is 0 Å². The van der Waals surface area contributed by atoms with Crippen LogP contribution in [0.25, 0.3) is 11.0 Å². The second kappa shape index (κ2) is 6.27. The molecule has 2 aromatic carbocycles. The summed E-state index contributed by atoms with van der Waals surface area (Å²) in [7, 11) is 0. The predicted molar refractivity (Wildman–Crippen MR) is 89.7 cm³/mol. The lowest BCUT2D eigenvalue weighted by atomic mass is 10.2. The van der Waals surface area contributed by atoms with Gasteiger partial charge in [0.2, 0.25) is 0 Å². The number of halogens is 3. The van der Waals surface area contributed by atoms with Crippen LogP contribution in [0.15, 0.2) is 42.5 Å². The van der Waals surface area contributed by atoms with Gasteiger partial charge in [0.05, 0.1) is 10.5 Å². The van der Waals surface area contributed by atoms with Gasteiger partial charge in [0.1, 0.15) is 11.3 Å². The van der Waals surface area contributed by atoms with Crippen molar-refractivity contribution in [3.8, 4) is 0 Å². The minimum atomic E-state index is 0.524. The Bertz CT molecular complexity index is 780. The number of nitrogens with zero attached hydrogens (tertiary/aromatic N) is 2. The first kappa shape index (κ1) is 14.7. The molecule has 108 valence electrons. The summed E-state index contributed by atoms with van der Waals surface area (Å²) < 4.78 is 2.15. The van der Waals surface area contributed by atoms with Crippen molar-refractivity contribution in [2.75, 3.05) is 5.88 Å². The molecule has 1 heterocycles. The molecular formula is C16H13Cl3N2. The first-order valence-electron chi connectivity index (χ1n) is 6.63. The Labute approximate surface area is 138 Å². The van der Waals surface area contributed by atoms with Gasteiger partial charge in [0.15, 0.2) is 0 Å². The quantitative estimate of drug-likeness (QED) is 0.599. The number of hydrogen-bond donors (Lipinski definition) is 0. The fourth-order valence-corrected chi connectivity index (χ4v) is 3.02. The highest BCUT2D eigenvalue weighted by atomic mass is 35.5. The normalized spacial score (nSPS) is 11.2. The number of aryl methyl sites for hydroxylation is 1. The first-order valence-corrected chi connectivity index (χ1v) is 7.92. The Hall–Kier alpha value is -1.22. The summed E-state index contributed by atoms with van der Waals surface area (Å²) >= 11 is 18.2. The summed E-state index contributed by atoms with van der Waals surface area (Å²) in [5, 5.41) is 1.39. The van der Waals surface area contributed by atoms with E-state index in [4.69, 9.17) is 34.8 Å². The van der Waals surface area contributed by atoms with Crippen molar-refractivity contribution in [3.05, 3.63) is 63.9 Å². The average Bonchev–Trinajstić information content (AvgIpc) is 2.79. The van der Waals surface area contributed by atoms with E-state index in [0.29, 0.717) is 23.9 Å². The van der Waals surface area contributed by atoms with E-state index in [1.807, 2.05) is 42.5 Å². The molecule has 3 rings (SSSR count). The number of hydrogen-bond acceptors (Lipinski definition) is 1. The van der Waals surface area contributed by atoms with Gasteiger partial charge in [-0.15, -0.1) is 11.6 Å². The number of alkyl halides is 1. The Kier molecular flexibility index (Phi) is 4.39. The number of fused-ring (bicyclic) bond motifs is 1. The van der Waals surface area contributed by atoms with E-state index in [0.717, 1.165) is 27.4 Å².